The second kappa shape index (κ2) is 3.65. The Morgan fingerprint density at radius 3 is 2.36 bits per heavy atom. The summed E-state index contributed by atoms with van der Waals surface area (Å²) in [6.45, 7) is 3.51. The van der Waals surface area contributed by atoms with Crippen molar-refractivity contribution < 1.29 is 13.2 Å². The predicted molar refractivity (Wildman–Crippen MR) is 48.0 cm³/mol. The van der Waals surface area contributed by atoms with Gasteiger partial charge in [-0.15, -0.1) is 0 Å². The number of H-pyrrole nitrogens is 1. The van der Waals surface area contributed by atoms with E-state index in [1.807, 2.05) is 0 Å². The number of hydrogen-bond acceptors (Lipinski definition) is 1. The molecule has 1 unspecified atom stereocenters. The van der Waals surface area contributed by atoms with E-state index in [1.165, 1.54) is 0 Å². The van der Waals surface area contributed by atoms with Crippen molar-refractivity contribution in [3.05, 3.63) is 23.0 Å². The van der Waals surface area contributed by atoms with Crippen LogP contribution in [0.25, 0.3) is 0 Å². The molecule has 0 saturated heterocycles. The minimum Gasteiger partial charge on any atom is -0.365 e. The average Bonchev–Trinajstić information content (AvgIpc) is 2.34. The maximum atomic E-state index is 12.2. The van der Waals surface area contributed by atoms with Gasteiger partial charge >= 0.3 is 6.18 Å². The zero-order chi connectivity index (χ0) is 10.9. The molecule has 0 aliphatic carbocycles. The van der Waals surface area contributed by atoms with Crippen LogP contribution in [0.2, 0.25) is 0 Å². The first-order chi connectivity index (χ1) is 6.32. The normalized spacial score (nSPS) is 14.4. The Labute approximate surface area is 80.3 Å². The highest BCUT2D eigenvalue weighted by Gasteiger charge is 2.37. The predicted octanol–water partition coefficient (Wildman–Crippen LogP) is 2.06. The van der Waals surface area contributed by atoms with E-state index in [0.29, 0.717) is 5.56 Å². The van der Waals surface area contributed by atoms with Crippen LogP contribution in [0.4, 0.5) is 13.2 Å². The molecule has 0 aromatic carbocycles. The van der Waals surface area contributed by atoms with Crippen molar-refractivity contribution >= 4 is 0 Å². The van der Waals surface area contributed by atoms with E-state index < -0.39 is 12.2 Å². The lowest BCUT2D eigenvalue weighted by Gasteiger charge is -2.15. The smallest absolute Gasteiger partial charge is 0.365 e. The summed E-state index contributed by atoms with van der Waals surface area (Å²) in [4.78, 5) is 2.87. The van der Waals surface area contributed by atoms with Gasteiger partial charge in [-0.1, -0.05) is 0 Å². The van der Waals surface area contributed by atoms with E-state index >= 15 is 0 Å². The molecule has 80 valence electrons. The zero-order valence-corrected chi connectivity index (χ0v) is 8.07. The number of nitrogens with one attached hydrogen (secondary N) is 1. The molecule has 1 aromatic heterocycles. The van der Waals surface area contributed by atoms with E-state index in [1.54, 1.807) is 20.0 Å². The monoisotopic (exact) mass is 206 g/mol. The molecule has 14 heavy (non-hydrogen) atoms. The molecule has 1 aromatic rings. The Kier molecular flexibility index (Phi) is 2.89. The van der Waals surface area contributed by atoms with Crippen molar-refractivity contribution in [1.29, 1.82) is 0 Å². The van der Waals surface area contributed by atoms with Crippen LogP contribution >= 0.6 is 0 Å². The topological polar surface area (TPSA) is 41.8 Å². The number of aromatic amines is 1. The number of aromatic nitrogens is 1. The quantitative estimate of drug-likeness (QED) is 0.764. The van der Waals surface area contributed by atoms with E-state index in [4.69, 9.17) is 5.73 Å². The van der Waals surface area contributed by atoms with Gasteiger partial charge in [-0.05, 0) is 31.4 Å². The Balaban J connectivity index is 2.79. The van der Waals surface area contributed by atoms with Crippen LogP contribution in [0.15, 0.2) is 6.20 Å². The lowest BCUT2D eigenvalue weighted by Crippen LogP contribution is -2.39. The van der Waals surface area contributed by atoms with E-state index in [2.05, 4.69) is 4.98 Å². The molecule has 0 spiro atoms. The summed E-state index contributed by atoms with van der Waals surface area (Å²) in [5.41, 5.74) is 7.28. The first-order valence-electron chi connectivity index (χ1n) is 4.28. The van der Waals surface area contributed by atoms with Gasteiger partial charge in [0.25, 0.3) is 0 Å². The summed E-state index contributed by atoms with van der Waals surface area (Å²) in [7, 11) is 0. The first kappa shape index (κ1) is 11.1. The van der Waals surface area contributed by atoms with Gasteiger partial charge in [0.2, 0.25) is 0 Å². The van der Waals surface area contributed by atoms with Gasteiger partial charge in [0.05, 0.1) is 0 Å². The molecule has 3 N–H and O–H groups in total. The van der Waals surface area contributed by atoms with Gasteiger partial charge in [-0.3, -0.25) is 0 Å². The highest BCUT2D eigenvalue weighted by atomic mass is 19.4. The minimum absolute atomic E-state index is 0.162. The van der Waals surface area contributed by atoms with Crippen LogP contribution in [0, 0.1) is 13.8 Å². The van der Waals surface area contributed by atoms with Crippen LogP contribution in [0.5, 0.6) is 0 Å². The fourth-order valence-corrected chi connectivity index (χ4v) is 1.34. The number of hydrogen-bond donors (Lipinski definition) is 2. The van der Waals surface area contributed by atoms with Crippen molar-refractivity contribution in [3.8, 4) is 0 Å². The number of nitrogens with two attached hydrogens (primary N) is 1. The summed E-state index contributed by atoms with van der Waals surface area (Å²) >= 11 is 0. The van der Waals surface area contributed by atoms with Gasteiger partial charge in [-0.25, -0.2) is 0 Å². The summed E-state index contributed by atoms with van der Waals surface area (Å²) in [5, 5.41) is 0. The van der Waals surface area contributed by atoms with Crippen LogP contribution in [-0.4, -0.2) is 17.2 Å². The van der Waals surface area contributed by atoms with Crippen molar-refractivity contribution in [3.63, 3.8) is 0 Å². The molecule has 0 fully saturated rings. The lowest BCUT2D eigenvalue weighted by atomic mass is 10.0. The molecule has 0 bridgehead atoms. The SMILES string of the molecule is Cc1c[nH]c(C)c1CC(N)C(F)(F)F. The van der Waals surface area contributed by atoms with Gasteiger partial charge < -0.3 is 10.7 Å². The first-order valence-corrected chi connectivity index (χ1v) is 4.28. The molecular formula is C9H13F3N2. The molecular weight excluding hydrogens is 193 g/mol. The Morgan fingerprint density at radius 1 is 1.43 bits per heavy atom. The van der Waals surface area contributed by atoms with Crippen molar-refractivity contribution in [2.24, 2.45) is 5.73 Å². The molecule has 2 nitrogen and oxygen atoms in total. The second-order valence-corrected chi connectivity index (χ2v) is 3.43. The van der Waals surface area contributed by atoms with E-state index in [-0.39, 0.29) is 6.42 Å². The molecule has 1 rings (SSSR count). The summed E-state index contributed by atoms with van der Waals surface area (Å²) in [5.74, 6) is 0. The Morgan fingerprint density at radius 2 is 2.00 bits per heavy atom. The third-order valence-corrected chi connectivity index (χ3v) is 2.28. The molecule has 1 atom stereocenters. The third-order valence-electron chi connectivity index (χ3n) is 2.28. The van der Waals surface area contributed by atoms with Gasteiger partial charge in [0.1, 0.15) is 6.04 Å². The number of halogens is 3. The number of aryl methyl sites for hydroxylation is 2. The lowest BCUT2D eigenvalue weighted by molar-refractivity contribution is -0.147. The van der Waals surface area contributed by atoms with Crippen LogP contribution in [-0.2, 0) is 6.42 Å². The Hall–Kier alpha value is -0.970. The molecule has 0 aliphatic rings. The van der Waals surface area contributed by atoms with Gasteiger partial charge in [0, 0.05) is 11.9 Å². The van der Waals surface area contributed by atoms with E-state index in [9.17, 15) is 13.2 Å². The number of rotatable bonds is 2. The van der Waals surface area contributed by atoms with Crippen molar-refractivity contribution in [2.75, 3.05) is 0 Å². The Bertz CT molecular complexity index is 295. The number of alkyl halides is 3. The highest BCUT2D eigenvalue weighted by Crippen LogP contribution is 2.23. The van der Waals surface area contributed by atoms with Crippen LogP contribution < -0.4 is 5.73 Å². The molecule has 0 saturated carbocycles. The highest BCUT2D eigenvalue weighted by molar-refractivity contribution is 5.29. The van der Waals surface area contributed by atoms with E-state index in [0.717, 1.165) is 11.3 Å². The fraction of sp³-hybridized carbons (Fsp3) is 0.556. The summed E-state index contributed by atoms with van der Waals surface area (Å²) in [6, 6.07) is -1.78. The second-order valence-electron chi connectivity index (χ2n) is 3.43. The van der Waals surface area contributed by atoms with Gasteiger partial charge in [0.15, 0.2) is 0 Å². The van der Waals surface area contributed by atoms with Crippen LogP contribution in [0.1, 0.15) is 16.8 Å². The molecule has 5 heteroatoms. The maximum absolute atomic E-state index is 12.2. The molecule has 0 aliphatic heterocycles. The van der Waals surface area contributed by atoms with Gasteiger partial charge in [-0.2, -0.15) is 13.2 Å². The molecule has 1 heterocycles. The summed E-state index contributed by atoms with van der Waals surface area (Å²) < 4.78 is 36.5. The average molecular weight is 206 g/mol. The maximum Gasteiger partial charge on any atom is 0.403 e. The molecule has 0 amide bonds. The summed E-state index contributed by atoms with van der Waals surface area (Å²) in [6.07, 6.45) is -2.80. The van der Waals surface area contributed by atoms with Crippen molar-refractivity contribution in [1.82, 2.24) is 4.98 Å². The molecule has 0 radical (unpaired) electrons. The van der Waals surface area contributed by atoms with Crippen LogP contribution in [0.3, 0.4) is 0 Å². The fourth-order valence-electron chi connectivity index (χ4n) is 1.34. The minimum atomic E-state index is -4.32. The van der Waals surface area contributed by atoms with Crippen molar-refractivity contribution in [2.45, 2.75) is 32.5 Å². The largest absolute Gasteiger partial charge is 0.403 e. The zero-order valence-electron chi connectivity index (χ0n) is 8.07. The standard InChI is InChI=1S/C9H13F3N2/c1-5-4-14-6(2)7(5)3-8(13)9(10,11)12/h4,8,14H,3,13H2,1-2H3. The third kappa shape index (κ3) is 2.29.